The second-order valence-electron chi connectivity index (χ2n) is 6.71. The highest BCUT2D eigenvalue weighted by Gasteiger charge is 2.28. The lowest BCUT2D eigenvalue weighted by molar-refractivity contribution is 0.355. The third kappa shape index (κ3) is 3.60. The summed E-state index contributed by atoms with van der Waals surface area (Å²) in [5.74, 6) is 0.521. The van der Waals surface area contributed by atoms with Gasteiger partial charge in [0, 0.05) is 18.5 Å². The van der Waals surface area contributed by atoms with Crippen LogP contribution in [0.15, 0.2) is 18.2 Å². The SMILES string of the molecule is CS(=O)(=O)C1CCCC(Cc2ccc3c(c2)CCCN3)C1. The molecule has 0 bridgehead atoms. The number of aryl methyl sites for hydroxylation is 1. The van der Waals surface area contributed by atoms with E-state index in [-0.39, 0.29) is 5.25 Å². The minimum atomic E-state index is -2.88. The number of anilines is 1. The van der Waals surface area contributed by atoms with Gasteiger partial charge in [-0.15, -0.1) is 0 Å². The van der Waals surface area contributed by atoms with Crippen LogP contribution in [0.25, 0.3) is 0 Å². The van der Waals surface area contributed by atoms with E-state index in [9.17, 15) is 8.42 Å². The van der Waals surface area contributed by atoms with Gasteiger partial charge in [0.2, 0.25) is 0 Å². The molecule has 0 saturated heterocycles. The molecule has 4 heteroatoms. The van der Waals surface area contributed by atoms with Crippen LogP contribution in [0.4, 0.5) is 5.69 Å². The van der Waals surface area contributed by atoms with Gasteiger partial charge in [-0.3, -0.25) is 0 Å². The third-order valence-electron chi connectivity index (χ3n) is 4.97. The van der Waals surface area contributed by atoms with E-state index in [1.807, 2.05) is 0 Å². The number of rotatable bonds is 3. The first-order chi connectivity index (χ1) is 10.0. The molecule has 0 radical (unpaired) electrons. The first-order valence-electron chi connectivity index (χ1n) is 8.07. The quantitative estimate of drug-likeness (QED) is 0.933. The van der Waals surface area contributed by atoms with E-state index in [0.717, 1.165) is 38.6 Å². The van der Waals surface area contributed by atoms with Crippen molar-refractivity contribution in [2.75, 3.05) is 18.1 Å². The zero-order chi connectivity index (χ0) is 14.9. The summed E-state index contributed by atoms with van der Waals surface area (Å²) in [6.45, 7) is 1.07. The fourth-order valence-electron chi connectivity index (χ4n) is 3.80. The molecule has 1 aliphatic heterocycles. The first kappa shape index (κ1) is 14.9. The predicted octanol–water partition coefficient (Wildman–Crippen LogP) is 3.19. The zero-order valence-electron chi connectivity index (χ0n) is 12.8. The van der Waals surface area contributed by atoms with Gasteiger partial charge in [0.25, 0.3) is 0 Å². The van der Waals surface area contributed by atoms with Crippen molar-refractivity contribution in [3.8, 4) is 0 Å². The first-order valence-corrected chi connectivity index (χ1v) is 10.0. The Kier molecular flexibility index (Phi) is 4.25. The van der Waals surface area contributed by atoms with E-state index >= 15 is 0 Å². The largest absolute Gasteiger partial charge is 0.385 e. The molecule has 1 aromatic rings. The molecule has 1 heterocycles. The maximum atomic E-state index is 11.8. The van der Waals surface area contributed by atoms with E-state index in [0.29, 0.717) is 5.92 Å². The van der Waals surface area contributed by atoms with Crippen molar-refractivity contribution in [2.24, 2.45) is 5.92 Å². The minimum Gasteiger partial charge on any atom is -0.385 e. The summed E-state index contributed by atoms with van der Waals surface area (Å²) >= 11 is 0. The summed E-state index contributed by atoms with van der Waals surface area (Å²) in [6, 6.07) is 6.73. The second-order valence-corrected chi connectivity index (χ2v) is 9.04. The maximum absolute atomic E-state index is 11.8. The van der Waals surface area contributed by atoms with Crippen LogP contribution in [0.3, 0.4) is 0 Å². The summed E-state index contributed by atoms with van der Waals surface area (Å²) in [7, 11) is -2.88. The van der Waals surface area contributed by atoms with Gasteiger partial charge >= 0.3 is 0 Å². The lowest BCUT2D eigenvalue weighted by Crippen LogP contribution is -2.28. The molecule has 0 aromatic heterocycles. The highest BCUT2D eigenvalue weighted by Crippen LogP contribution is 2.32. The Morgan fingerprint density at radius 3 is 2.90 bits per heavy atom. The van der Waals surface area contributed by atoms with Crippen molar-refractivity contribution in [2.45, 2.75) is 50.2 Å². The molecule has 2 unspecified atom stereocenters. The fraction of sp³-hybridized carbons (Fsp3) is 0.647. The Balaban J connectivity index is 1.69. The van der Waals surface area contributed by atoms with Gasteiger partial charge in [0.05, 0.1) is 5.25 Å². The topological polar surface area (TPSA) is 46.2 Å². The lowest BCUT2D eigenvalue weighted by atomic mass is 9.84. The minimum absolute atomic E-state index is 0.115. The van der Waals surface area contributed by atoms with E-state index < -0.39 is 9.84 Å². The molecule has 1 aliphatic carbocycles. The second kappa shape index (κ2) is 5.99. The van der Waals surface area contributed by atoms with Gasteiger partial charge in [0.1, 0.15) is 9.84 Å². The van der Waals surface area contributed by atoms with Crippen LogP contribution in [0.1, 0.15) is 43.2 Å². The Morgan fingerprint density at radius 1 is 1.24 bits per heavy atom. The van der Waals surface area contributed by atoms with Crippen LogP contribution < -0.4 is 5.32 Å². The fourth-order valence-corrected chi connectivity index (χ4v) is 5.02. The number of hydrogen-bond donors (Lipinski definition) is 1. The molecule has 3 nitrogen and oxygen atoms in total. The lowest BCUT2D eigenvalue weighted by Gasteiger charge is -2.28. The van der Waals surface area contributed by atoms with Gasteiger partial charge in [-0.05, 0) is 55.2 Å². The van der Waals surface area contributed by atoms with Gasteiger partial charge in [-0.2, -0.15) is 0 Å². The summed E-state index contributed by atoms with van der Waals surface area (Å²) < 4.78 is 23.5. The normalized spacial score (nSPS) is 26.0. The molecule has 2 aliphatic rings. The molecule has 1 N–H and O–H groups in total. The van der Waals surface area contributed by atoms with Crippen LogP contribution in [0.2, 0.25) is 0 Å². The average molecular weight is 307 g/mol. The van der Waals surface area contributed by atoms with E-state index in [1.165, 1.54) is 35.9 Å². The van der Waals surface area contributed by atoms with E-state index in [2.05, 4.69) is 23.5 Å². The Bertz CT molecular complexity index is 609. The molecule has 0 spiro atoms. The standard InChI is InChI=1S/C17H25NO2S/c1-21(19,20)16-6-2-4-13(12-16)10-14-7-8-17-15(11-14)5-3-9-18-17/h7-8,11,13,16,18H,2-6,9-10,12H2,1H3. The average Bonchev–Trinajstić information content (AvgIpc) is 2.46. The summed E-state index contributed by atoms with van der Waals surface area (Å²) in [6.07, 6.45) is 8.70. The van der Waals surface area contributed by atoms with Crippen molar-refractivity contribution in [1.29, 1.82) is 0 Å². The monoisotopic (exact) mass is 307 g/mol. The predicted molar refractivity (Wildman–Crippen MR) is 87.5 cm³/mol. The number of sulfone groups is 1. The van der Waals surface area contributed by atoms with Crippen molar-refractivity contribution < 1.29 is 8.42 Å². The van der Waals surface area contributed by atoms with Gasteiger partial charge in [0.15, 0.2) is 0 Å². The Hall–Kier alpha value is -1.03. The van der Waals surface area contributed by atoms with Crippen molar-refractivity contribution in [3.63, 3.8) is 0 Å². The zero-order valence-corrected chi connectivity index (χ0v) is 13.6. The summed E-state index contributed by atoms with van der Waals surface area (Å²) in [5.41, 5.74) is 4.08. The molecule has 1 saturated carbocycles. The van der Waals surface area contributed by atoms with Crippen LogP contribution in [0, 0.1) is 5.92 Å². The van der Waals surface area contributed by atoms with Crippen molar-refractivity contribution in [1.82, 2.24) is 0 Å². The molecular formula is C17H25NO2S. The van der Waals surface area contributed by atoms with E-state index in [4.69, 9.17) is 0 Å². The molecule has 0 amide bonds. The molecule has 21 heavy (non-hydrogen) atoms. The highest BCUT2D eigenvalue weighted by molar-refractivity contribution is 7.91. The Labute approximate surface area is 128 Å². The van der Waals surface area contributed by atoms with Crippen LogP contribution in [0.5, 0.6) is 0 Å². The van der Waals surface area contributed by atoms with E-state index in [1.54, 1.807) is 0 Å². The number of benzene rings is 1. The van der Waals surface area contributed by atoms with Crippen molar-refractivity contribution >= 4 is 15.5 Å². The van der Waals surface area contributed by atoms with Gasteiger partial charge < -0.3 is 5.32 Å². The van der Waals surface area contributed by atoms with Gasteiger partial charge in [-0.1, -0.05) is 25.0 Å². The maximum Gasteiger partial charge on any atom is 0.150 e. The molecular weight excluding hydrogens is 282 g/mol. The molecule has 1 fully saturated rings. The highest BCUT2D eigenvalue weighted by atomic mass is 32.2. The molecule has 116 valence electrons. The summed E-state index contributed by atoms with van der Waals surface area (Å²) in [4.78, 5) is 0. The smallest absolute Gasteiger partial charge is 0.150 e. The Morgan fingerprint density at radius 2 is 2.10 bits per heavy atom. The summed E-state index contributed by atoms with van der Waals surface area (Å²) in [5, 5.41) is 3.33. The number of fused-ring (bicyclic) bond motifs is 1. The van der Waals surface area contributed by atoms with Crippen LogP contribution in [-0.4, -0.2) is 26.5 Å². The van der Waals surface area contributed by atoms with Gasteiger partial charge in [-0.25, -0.2) is 8.42 Å². The molecule has 1 aromatic carbocycles. The number of hydrogen-bond acceptors (Lipinski definition) is 3. The molecule has 2 atom stereocenters. The van der Waals surface area contributed by atoms with Crippen LogP contribution in [-0.2, 0) is 22.7 Å². The molecule has 3 rings (SSSR count). The van der Waals surface area contributed by atoms with Crippen LogP contribution >= 0.6 is 0 Å². The van der Waals surface area contributed by atoms with Crippen molar-refractivity contribution in [3.05, 3.63) is 29.3 Å². The third-order valence-corrected chi connectivity index (χ3v) is 6.61. The number of nitrogens with one attached hydrogen (secondary N) is 1.